The van der Waals surface area contributed by atoms with Gasteiger partial charge in [0.25, 0.3) is 5.69 Å². The highest BCUT2D eigenvalue weighted by Crippen LogP contribution is 2.36. The van der Waals surface area contributed by atoms with Gasteiger partial charge in [-0.2, -0.15) is 0 Å². The molecular formula is C13H15BrClNO5. The molecule has 0 bridgehead atoms. The van der Waals surface area contributed by atoms with Crippen LogP contribution in [0.25, 0.3) is 0 Å². The Bertz CT molecular complexity index is 536. The summed E-state index contributed by atoms with van der Waals surface area (Å²) < 4.78 is 5.41. The standard InChI is InChI=1S/C13H15BrClNO5/c1-8(14)10-5-9(7-17)12(6-11(10)16(19)20)21-4-2-3-13(15)18/h5-6,8,17H,2-4,7H2,1H3. The smallest absolute Gasteiger partial charge is 0.277 e. The van der Waals surface area contributed by atoms with Crippen LogP contribution in [0.1, 0.15) is 35.7 Å². The van der Waals surface area contributed by atoms with Crippen LogP contribution in [-0.2, 0) is 11.4 Å². The summed E-state index contributed by atoms with van der Waals surface area (Å²) in [5, 5.41) is 20.0. The van der Waals surface area contributed by atoms with E-state index < -0.39 is 10.2 Å². The van der Waals surface area contributed by atoms with Crippen molar-refractivity contribution in [3.8, 4) is 5.75 Å². The third-order valence-corrected chi connectivity index (χ3v) is 3.46. The molecule has 1 N–H and O–H groups in total. The van der Waals surface area contributed by atoms with Crippen molar-refractivity contribution < 1.29 is 19.6 Å². The lowest BCUT2D eigenvalue weighted by molar-refractivity contribution is -0.385. The molecule has 1 aromatic carbocycles. The molecule has 0 saturated heterocycles. The van der Waals surface area contributed by atoms with Gasteiger partial charge in [0.05, 0.1) is 24.2 Å². The van der Waals surface area contributed by atoms with Crippen molar-refractivity contribution in [2.75, 3.05) is 6.61 Å². The molecule has 0 radical (unpaired) electrons. The Kier molecular flexibility index (Phi) is 7.07. The number of hydrogen-bond donors (Lipinski definition) is 1. The van der Waals surface area contributed by atoms with E-state index >= 15 is 0 Å². The van der Waals surface area contributed by atoms with Crippen LogP contribution in [0.4, 0.5) is 5.69 Å². The van der Waals surface area contributed by atoms with Gasteiger partial charge in [0.2, 0.25) is 5.24 Å². The maximum absolute atomic E-state index is 11.1. The Morgan fingerprint density at radius 1 is 1.57 bits per heavy atom. The van der Waals surface area contributed by atoms with E-state index in [-0.39, 0.29) is 35.9 Å². The molecule has 21 heavy (non-hydrogen) atoms. The quantitative estimate of drug-likeness (QED) is 0.245. The van der Waals surface area contributed by atoms with Crippen LogP contribution in [0.5, 0.6) is 5.75 Å². The van der Waals surface area contributed by atoms with Crippen molar-refractivity contribution in [2.45, 2.75) is 31.2 Å². The molecule has 1 unspecified atom stereocenters. The van der Waals surface area contributed by atoms with E-state index in [0.29, 0.717) is 17.5 Å². The van der Waals surface area contributed by atoms with E-state index in [1.165, 1.54) is 6.07 Å². The zero-order valence-corrected chi connectivity index (χ0v) is 13.7. The van der Waals surface area contributed by atoms with E-state index in [4.69, 9.17) is 16.3 Å². The molecule has 0 aliphatic carbocycles. The molecule has 8 heteroatoms. The Hall–Kier alpha value is -1.18. The first-order valence-electron chi connectivity index (χ1n) is 6.24. The fourth-order valence-electron chi connectivity index (χ4n) is 1.76. The van der Waals surface area contributed by atoms with E-state index in [9.17, 15) is 20.0 Å². The fraction of sp³-hybridized carbons (Fsp3) is 0.462. The molecular weight excluding hydrogens is 366 g/mol. The van der Waals surface area contributed by atoms with Crippen molar-refractivity contribution in [1.82, 2.24) is 0 Å². The van der Waals surface area contributed by atoms with Crippen molar-refractivity contribution in [2.24, 2.45) is 0 Å². The first-order chi connectivity index (χ1) is 9.86. The van der Waals surface area contributed by atoms with Gasteiger partial charge in [-0.05, 0) is 31.0 Å². The van der Waals surface area contributed by atoms with E-state index in [2.05, 4.69) is 15.9 Å². The molecule has 0 fully saturated rings. The SMILES string of the molecule is CC(Br)c1cc(CO)c(OCCCC(=O)Cl)cc1[N+](=O)[O-]. The molecule has 1 aromatic rings. The first kappa shape index (κ1) is 17.9. The average Bonchev–Trinajstić information content (AvgIpc) is 2.42. The van der Waals surface area contributed by atoms with Gasteiger partial charge >= 0.3 is 0 Å². The van der Waals surface area contributed by atoms with Crippen LogP contribution in [0, 0.1) is 10.1 Å². The zero-order chi connectivity index (χ0) is 16.0. The van der Waals surface area contributed by atoms with Crippen LogP contribution >= 0.6 is 27.5 Å². The maximum atomic E-state index is 11.1. The Labute approximate surface area is 135 Å². The number of nitro groups is 1. The topological polar surface area (TPSA) is 89.7 Å². The van der Waals surface area contributed by atoms with Crippen molar-refractivity contribution in [1.29, 1.82) is 0 Å². The molecule has 0 heterocycles. The lowest BCUT2D eigenvalue weighted by Gasteiger charge is -2.13. The second-order valence-electron chi connectivity index (χ2n) is 4.36. The van der Waals surface area contributed by atoms with Gasteiger partial charge in [-0.1, -0.05) is 15.9 Å². The molecule has 6 nitrogen and oxygen atoms in total. The summed E-state index contributed by atoms with van der Waals surface area (Å²) in [6, 6.07) is 2.83. The number of rotatable bonds is 8. The number of benzene rings is 1. The normalized spacial score (nSPS) is 12.0. The van der Waals surface area contributed by atoms with Gasteiger partial charge in [0.15, 0.2) is 0 Å². The average molecular weight is 381 g/mol. The van der Waals surface area contributed by atoms with Gasteiger partial charge in [0.1, 0.15) is 5.75 Å². The van der Waals surface area contributed by atoms with Crippen LogP contribution < -0.4 is 4.74 Å². The molecule has 0 spiro atoms. The van der Waals surface area contributed by atoms with Crippen molar-refractivity contribution in [3.05, 3.63) is 33.4 Å². The van der Waals surface area contributed by atoms with E-state index in [1.54, 1.807) is 13.0 Å². The van der Waals surface area contributed by atoms with Gasteiger partial charge < -0.3 is 9.84 Å². The highest BCUT2D eigenvalue weighted by Gasteiger charge is 2.21. The van der Waals surface area contributed by atoms with Crippen molar-refractivity contribution in [3.63, 3.8) is 0 Å². The molecule has 0 saturated carbocycles. The van der Waals surface area contributed by atoms with Crippen LogP contribution in [0.15, 0.2) is 12.1 Å². The first-order valence-corrected chi connectivity index (χ1v) is 7.53. The molecule has 0 amide bonds. The molecule has 1 rings (SSSR count). The van der Waals surface area contributed by atoms with Gasteiger partial charge in [-0.3, -0.25) is 14.9 Å². The minimum Gasteiger partial charge on any atom is -0.493 e. The van der Waals surface area contributed by atoms with Crippen LogP contribution in [0.2, 0.25) is 0 Å². The van der Waals surface area contributed by atoms with Crippen molar-refractivity contribution >= 4 is 38.5 Å². The van der Waals surface area contributed by atoms with Crippen LogP contribution in [-0.4, -0.2) is 21.9 Å². The Morgan fingerprint density at radius 3 is 2.71 bits per heavy atom. The summed E-state index contributed by atoms with van der Waals surface area (Å²) in [4.78, 5) is 21.0. The van der Waals surface area contributed by atoms with Crippen LogP contribution in [0.3, 0.4) is 0 Å². The molecule has 0 aliphatic rings. The Balaban J connectivity index is 2.99. The highest BCUT2D eigenvalue weighted by molar-refractivity contribution is 9.09. The minimum atomic E-state index is -0.497. The number of carbonyl (C=O) groups excluding carboxylic acids is 1. The number of ether oxygens (including phenoxy) is 1. The third-order valence-electron chi connectivity index (χ3n) is 2.78. The number of nitro benzene ring substituents is 1. The largest absolute Gasteiger partial charge is 0.493 e. The summed E-state index contributed by atoms with van der Waals surface area (Å²) in [5.41, 5.74) is 0.839. The summed E-state index contributed by atoms with van der Waals surface area (Å²) in [5.74, 6) is 0.239. The number of aliphatic hydroxyl groups is 1. The second-order valence-corrected chi connectivity index (χ2v) is 6.15. The number of alkyl halides is 1. The lowest BCUT2D eigenvalue weighted by atomic mass is 10.1. The molecule has 0 aliphatic heterocycles. The van der Waals surface area contributed by atoms with E-state index in [0.717, 1.165) is 0 Å². The number of nitrogens with zero attached hydrogens (tertiary/aromatic N) is 1. The molecule has 116 valence electrons. The minimum absolute atomic E-state index is 0.0833. The maximum Gasteiger partial charge on any atom is 0.277 e. The second kappa shape index (κ2) is 8.31. The third kappa shape index (κ3) is 5.26. The predicted molar refractivity (Wildman–Crippen MR) is 82.0 cm³/mol. The highest BCUT2D eigenvalue weighted by atomic mass is 79.9. The molecule has 0 aromatic heterocycles. The van der Waals surface area contributed by atoms with Gasteiger partial charge in [0, 0.05) is 22.4 Å². The summed E-state index contributed by atoms with van der Waals surface area (Å²) >= 11 is 8.50. The zero-order valence-electron chi connectivity index (χ0n) is 11.3. The lowest BCUT2D eigenvalue weighted by Crippen LogP contribution is -2.05. The Morgan fingerprint density at radius 2 is 2.24 bits per heavy atom. The number of halogens is 2. The summed E-state index contributed by atoms with van der Waals surface area (Å²) in [6.45, 7) is 1.65. The summed E-state index contributed by atoms with van der Waals surface area (Å²) in [6.07, 6.45) is 0.562. The monoisotopic (exact) mass is 379 g/mol. The van der Waals surface area contributed by atoms with E-state index in [1.807, 2.05) is 0 Å². The number of carbonyl (C=O) groups is 1. The number of aliphatic hydroxyl groups excluding tert-OH is 1. The summed E-state index contributed by atoms with van der Waals surface area (Å²) in [7, 11) is 0. The fourth-order valence-corrected chi connectivity index (χ4v) is 2.26. The van der Waals surface area contributed by atoms with Gasteiger partial charge in [-0.25, -0.2) is 0 Å². The molecule has 1 atom stereocenters. The predicted octanol–water partition coefficient (Wildman–Crippen LogP) is 3.47. The number of hydrogen-bond acceptors (Lipinski definition) is 5. The van der Waals surface area contributed by atoms with Gasteiger partial charge in [-0.15, -0.1) is 0 Å².